The van der Waals surface area contributed by atoms with Gasteiger partial charge < -0.3 is 0 Å². The summed E-state index contributed by atoms with van der Waals surface area (Å²) in [6.45, 7) is 2.94. The van der Waals surface area contributed by atoms with Crippen molar-refractivity contribution in [3.63, 3.8) is 0 Å². The average molecular weight is 465 g/mol. The van der Waals surface area contributed by atoms with Crippen LogP contribution in [0.3, 0.4) is 0 Å². The fourth-order valence-electron chi connectivity index (χ4n) is 4.16. The van der Waals surface area contributed by atoms with Crippen molar-refractivity contribution in [2.24, 2.45) is 5.10 Å². The first-order chi connectivity index (χ1) is 15.4. The number of amides is 1. The molecule has 8 heteroatoms. The molecule has 1 aliphatic carbocycles. The molecule has 0 unspecified atom stereocenters. The minimum atomic E-state index is -0.266. The molecule has 2 heterocycles. The van der Waals surface area contributed by atoms with E-state index in [1.165, 1.54) is 54.6 Å². The molecule has 0 atom stereocenters. The van der Waals surface area contributed by atoms with E-state index in [4.69, 9.17) is 11.6 Å². The Hall–Kier alpha value is -2.90. The van der Waals surface area contributed by atoms with Gasteiger partial charge in [-0.2, -0.15) is 10.1 Å². The Labute approximate surface area is 195 Å². The van der Waals surface area contributed by atoms with Crippen LogP contribution in [0.15, 0.2) is 52.6 Å². The zero-order valence-corrected chi connectivity index (χ0v) is 19.3. The van der Waals surface area contributed by atoms with E-state index in [1.807, 2.05) is 18.2 Å². The van der Waals surface area contributed by atoms with Crippen LogP contribution < -0.4 is 5.01 Å². The van der Waals surface area contributed by atoms with Crippen LogP contribution in [0.5, 0.6) is 0 Å². The fourth-order valence-corrected chi connectivity index (χ4v) is 5.37. The van der Waals surface area contributed by atoms with E-state index in [2.05, 4.69) is 22.2 Å². The summed E-state index contributed by atoms with van der Waals surface area (Å²) in [5, 5.41) is 7.76. The van der Waals surface area contributed by atoms with Gasteiger partial charge in [-0.15, -0.1) is 0 Å². The van der Waals surface area contributed by atoms with Crippen LogP contribution in [0.25, 0.3) is 11.4 Å². The molecular formula is C24H21ClN4O2S. The van der Waals surface area contributed by atoms with Gasteiger partial charge in [0.05, 0.1) is 0 Å². The monoisotopic (exact) mass is 464 g/mol. The first-order valence-electron chi connectivity index (χ1n) is 10.5. The lowest BCUT2D eigenvalue weighted by atomic mass is 9.90. The molecule has 5 rings (SSSR count). The highest BCUT2D eigenvalue weighted by Gasteiger charge is 2.32. The van der Waals surface area contributed by atoms with E-state index >= 15 is 0 Å². The normalized spacial score (nSPS) is 15.1. The molecule has 1 aliphatic heterocycles. The predicted molar refractivity (Wildman–Crippen MR) is 128 cm³/mol. The second-order valence-electron chi connectivity index (χ2n) is 7.95. The Morgan fingerprint density at radius 1 is 0.938 bits per heavy atom. The number of thioether (sulfide) groups is 1. The minimum absolute atomic E-state index is 0.189. The molecule has 1 amide bonds. The molecule has 32 heavy (non-hydrogen) atoms. The third-order valence-corrected chi connectivity index (χ3v) is 7.03. The molecule has 3 aromatic rings. The number of aryl methyl sites for hydroxylation is 2. The van der Waals surface area contributed by atoms with Gasteiger partial charge in [0.1, 0.15) is 15.9 Å². The molecule has 0 fully saturated rings. The number of hydrazone groups is 1. The highest BCUT2D eigenvalue weighted by atomic mass is 35.5. The maximum atomic E-state index is 12.7. The number of hydrogen-bond donors (Lipinski definition) is 0. The molecule has 162 valence electrons. The summed E-state index contributed by atoms with van der Waals surface area (Å²) in [5.41, 5.74) is 4.39. The molecule has 0 radical (unpaired) electrons. The van der Waals surface area contributed by atoms with Gasteiger partial charge in [-0.1, -0.05) is 23.7 Å². The summed E-state index contributed by atoms with van der Waals surface area (Å²) in [6.07, 6.45) is 4.55. The first-order valence-corrected chi connectivity index (χ1v) is 11.7. The zero-order chi connectivity index (χ0) is 22.4. The van der Waals surface area contributed by atoms with Crippen molar-refractivity contribution in [3.05, 3.63) is 64.2 Å². The molecular weight excluding hydrogens is 444 g/mol. The topological polar surface area (TPSA) is 67.6 Å². The third-order valence-electron chi connectivity index (χ3n) is 5.71. The molecule has 0 bridgehead atoms. The summed E-state index contributed by atoms with van der Waals surface area (Å²) in [5.74, 6) is 0.369. The van der Waals surface area contributed by atoms with Crippen LogP contribution in [0, 0.1) is 0 Å². The van der Waals surface area contributed by atoms with Gasteiger partial charge in [0.2, 0.25) is 11.8 Å². The molecule has 0 spiro atoms. The van der Waals surface area contributed by atoms with Gasteiger partial charge >= 0.3 is 0 Å². The van der Waals surface area contributed by atoms with E-state index in [0.717, 1.165) is 24.0 Å². The Balaban J connectivity index is 1.63. The highest BCUT2D eigenvalue weighted by molar-refractivity contribution is 8.14. The van der Waals surface area contributed by atoms with E-state index in [0.29, 0.717) is 26.7 Å². The number of benzene rings is 2. The van der Waals surface area contributed by atoms with Crippen LogP contribution in [0.4, 0.5) is 5.82 Å². The van der Waals surface area contributed by atoms with Crippen LogP contribution in [-0.2, 0) is 17.6 Å². The maximum Gasteiger partial charge on any atom is 0.245 e. The van der Waals surface area contributed by atoms with Crippen molar-refractivity contribution < 1.29 is 9.59 Å². The number of imidazole rings is 1. The average Bonchev–Trinajstić information content (AvgIpc) is 3.18. The van der Waals surface area contributed by atoms with Crippen molar-refractivity contribution in [3.8, 4) is 11.4 Å². The second kappa shape index (κ2) is 8.22. The van der Waals surface area contributed by atoms with Gasteiger partial charge in [0, 0.05) is 30.0 Å². The van der Waals surface area contributed by atoms with Crippen molar-refractivity contribution in [1.82, 2.24) is 9.55 Å². The molecule has 0 N–H and O–H groups in total. The Bertz CT molecular complexity index is 1280. The second-order valence-corrected chi connectivity index (χ2v) is 9.37. The van der Waals surface area contributed by atoms with Crippen LogP contribution in [0.1, 0.15) is 48.2 Å². The van der Waals surface area contributed by atoms with Crippen molar-refractivity contribution in [1.29, 1.82) is 0 Å². The standard InChI is InChI=1S/C24H21ClN4O2S/c1-14(30)28-21(17-9-11-20(25)12-10-17)26-22-24(28)32-23(27-29(22)15(2)31)19-8-7-16-5-3-4-6-18(16)13-19/h7-13H,3-6H2,1-2H3. The van der Waals surface area contributed by atoms with Crippen LogP contribution >= 0.6 is 23.4 Å². The SMILES string of the molecule is CC(=O)N1N=C(c2ccc3c(c2)CCCC3)Sc2c1nc(-c1ccc(Cl)cc1)n2C(C)=O. The molecule has 2 aliphatic rings. The maximum absolute atomic E-state index is 12.7. The summed E-state index contributed by atoms with van der Waals surface area (Å²) < 4.78 is 1.55. The Kier molecular flexibility index (Phi) is 5.39. The Morgan fingerprint density at radius 2 is 1.62 bits per heavy atom. The highest BCUT2D eigenvalue weighted by Crippen LogP contribution is 2.41. The molecule has 1 aromatic heterocycles. The number of halogens is 1. The number of carbonyl (C=O) groups is 2. The minimum Gasteiger partial charge on any atom is -0.274 e. The van der Waals surface area contributed by atoms with Gasteiger partial charge in [-0.3, -0.25) is 14.2 Å². The third kappa shape index (κ3) is 3.65. The van der Waals surface area contributed by atoms with E-state index in [9.17, 15) is 9.59 Å². The van der Waals surface area contributed by atoms with Crippen LogP contribution in [0.2, 0.25) is 5.02 Å². The number of anilines is 1. The number of hydrogen-bond acceptors (Lipinski definition) is 5. The number of carbonyl (C=O) groups excluding carboxylic acids is 2. The fraction of sp³-hybridized carbons (Fsp3) is 0.250. The lowest BCUT2D eigenvalue weighted by Crippen LogP contribution is -2.28. The Morgan fingerprint density at radius 3 is 2.31 bits per heavy atom. The van der Waals surface area contributed by atoms with Crippen molar-refractivity contribution in [2.45, 2.75) is 44.6 Å². The lowest BCUT2D eigenvalue weighted by Gasteiger charge is -2.23. The zero-order valence-electron chi connectivity index (χ0n) is 17.8. The molecule has 2 aromatic carbocycles. The summed E-state index contributed by atoms with van der Waals surface area (Å²) in [6, 6.07) is 13.5. The predicted octanol–water partition coefficient (Wildman–Crippen LogP) is 5.56. The first kappa shape index (κ1) is 21.0. The van der Waals surface area contributed by atoms with E-state index in [-0.39, 0.29) is 11.8 Å². The largest absolute Gasteiger partial charge is 0.274 e. The number of fused-ring (bicyclic) bond motifs is 2. The van der Waals surface area contributed by atoms with E-state index < -0.39 is 0 Å². The van der Waals surface area contributed by atoms with Gasteiger partial charge in [-0.05, 0) is 78.9 Å². The summed E-state index contributed by atoms with van der Waals surface area (Å²) in [4.78, 5) is 29.8. The molecule has 6 nitrogen and oxygen atoms in total. The smallest absolute Gasteiger partial charge is 0.245 e. The lowest BCUT2D eigenvalue weighted by molar-refractivity contribution is -0.116. The summed E-state index contributed by atoms with van der Waals surface area (Å²) in [7, 11) is 0. The van der Waals surface area contributed by atoms with Gasteiger partial charge in [0.25, 0.3) is 0 Å². The molecule has 0 saturated heterocycles. The quantitative estimate of drug-likeness (QED) is 0.497. The van der Waals surface area contributed by atoms with Crippen LogP contribution in [-0.4, -0.2) is 26.4 Å². The number of rotatable bonds is 2. The van der Waals surface area contributed by atoms with Gasteiger partial charge in [0.15, 0.2) is 5.82 Å². The number of aromatic nitrogens is 2. The van der Waals surface area contributed by atoms with E-state index in [1.54, 1.807) is 16.7 Å². The molecule has 0 saturated carbocycles. The van der Waals surface area contributed by atoms with Crippen molar-refractivity contribution in [2.75, 3.05) is 5.01 Å². The summed E-state index contributed by atoms with van der Waals surface area (Å²) >= 11 is 7.40. The van der Waals surface area contributed by atoms with Crippen molar-refractivity contribution >= 4 is 46.0 Å². The number of nitrogens with zero attached hydrogens (tertiary/aromatic N) is 4. The van der Waals surface area contributed by atoms with Gasteiger partial charge in [-0.25, -0.2) is 4.98 Å².